The van der Waals surface area contributed by atoms with E-state index in [-0.39, 0.29) is 63.3 Å². The van der Waals surface area contributed by atoms with Gasteiger partial charge in [-0.25, -0.2) is 22.3 Å². The van der Waals surface area contributed by atoms with E-state index in [1.54, 1.807) is 13.0 Å². The number of carbonyl (C=O) groups excluding carboxylic acids is 2. The first-order valence-corrected chi connectivity index (χ1v) is 18.5. The first-order valence-electron chi connectivity index (χ1n) is 16.6. The largest absolute Gasteiger partial charge is 0.418 e. The van der Waals surface area contributed by atoms with Crippen molar-refractivity contribution in [2.75, 3.05) is 18.5 Å². The summed E-state index contributed by atoms with van der Waals surface area (Å²) in [6.45, 7) is 3.01. The molecule has 0 saturated carbocycles. The van der Waals surface area contributed by atoms with Crippen LogP contribution in [0.3, 0.4) is 0 Å². The molecule has 4 aromatic carbocycles. The Kier molecular flexibility index (Phi) is 12.4. The fraction of sp³-hybridized carbons (Fsp3) is 0.243. The van der Waals surface area contributed by atoms with Crippen LogP contribution in [0.4, 0.5) is 23.2 Å². The van der Waals surface area contributed by atoms with Gasteiger partial charge in [0, 0.05) is 29.8 Å². The smallest absolute Gasteiger partial charge is 0.372 e. The van der Waals surface area contributed by atoms with Crippen molar-refractivity contribution in [1.82, 2.24) is 19.1 Å². The van der Waals surface area contributed by atoms with E-state index >= 15 is 4.39 Å². The summed E-state index contributed by atoms with van der Waals surface area (Å²) in [7, 11) is -4.49. The van der Waals surface area contributed by atoms with Crippen molar-refractivity contribution in [3.63, 3.8) is 0 Å². The van der Waals surface area contributed by atoms with Crippen molar-refractivity contribution in [3.8, 4) is 16.8 Å². The molecule has 11 nitrogen and oxygen atoms in total. The second-order valence-corrected chi connectivity index (χ2v) is 14.0. The number of carbonyl (C=O) groups is 2. The first-order chi connectivity index (χ1) is 25.6. The Balaban J connectivity index is 1.50. The number of aromatic nitrogens is 3. The molecule has 0 saturated heterocycles. The molecular formula is C37H34ClF4N5O6S. The molecule has 0 aliphatic rings. The van der Waals surface area contributed by atoms with Gasteiger partial charge >= 0.3 is 11.9 Å². The molecule has 5 rings (SSSR count). The summed E-state index contributed by atoms with van der Waals surface area (Å²) >= 11 is 6.06. The maximum atomic E-state index is 15.9. The Labute approximate surface area is 312 Å². The maximum absolute atomic E-state index is 15.9. The number of nitrogens with zero attached hydrogens (tertiary/aromatic N) is 3. The van der Waals surface area contributed by atoms with Crippen LogP contribution in [-0.2, 0) is 38.7 Å². The third-order valence-corrected chi connectivity index (χ3v) is 9.88. The topological polar surface area (TPSA) is 141 Å². The Morgan fingerprint density at radius 1 is 0.963 bits per heavy atom. The lowest BCUT2D eigenvalue weighted by atomic mass is 10.0. The molecule has 0 aliphatic heterocycles. The van der Waals surface area contributed by atoms with Crippen molar-refractivity contribution in [3.05, 3.63) is 129 Å². The number of anilines is 1. The average molecular weight is 788 g/mol. The Morgan fingerprint density at radius 3 is 2.37 bits per heavy atom. The molecule has 284 valence electrons. The van der Waals surface area contributed by atoms with E-state index in [0.29, 0.717) is 17.5 Å². The lowest BCUT2D eigenvalue weighted by Crippen LogP contribution is -2.31. The van der Waals surface area contributed by atoms with Gasteiger partial charge in [0.15, 0.2) is 0 Å². The second-order valence-electron chi connectivity index (χ2n) is 11.9. The Bertz CT molecular complexity index is 2360. The van der Waals surface area contributed by atoms with Crippen LogP contribution in [0.1, 0.15) is 54.0 Å². The third kappa shape index (κ3) is 9.06. The van der Waals surface area contributed by atoms with Crippen LogP contribution >= 0.6 is 11.6 Å². The average Bonchev–Trinajstić information content (AvgIpc) is 3.43. The lowest BCUT2D eigenvalue weighted by molar-refractivity contribution is -0.137. The van der Waals surface area contributed by atoms with Crippen molar-refractivity contribution in [2.24, 2.45) is 0 Å². The predicted octanol–water partition coefficient (Wildman–Crippen LogP) is 7.00. The van der Waals surface area contributed by atoms with Crippen molar-refractivity contribution in [2.45, 2.75) is 50.7 Å². The van der Waals surface area contributed by atoms with E-state index in [1.165, 1.54) is 54.6 Å². The highest BCUT2D eigenvalue weighted by atomic mass is 35.5. The highest BCUT2D eigenvalue weighted by Crippen LogP contribution is 2.35. The van der Waals surface area contributed by atoms with Gasteiger partial charge in [0.05, 0.1) is 33.3 Å². The number of alkyl halides is 3. The van der Waals surface area contributed by atoms with Gasteiger partial charge in [-0.05, 0) is 61.4 Å². The van der Waals surface area contributed by atoms with E-state index in [0.717, 1.165) is 28.8 Å². The van der Waals surface area contributed by atoms with Gasteiger partial charge in [0.1, 0.15) is 18.2 Å². The molecular weight excluding hydrogens is 754 g/mol. The second kappa shape index (κ2) is 16.8. The number of sulfonamides is 1. The van der Waals surface area contributed by atoms with Gasteiger partial charge in [0.2, 0.25) is 5.91 Å². The Morgan fingerprint density at radius 2 is 1.69 bits per heavy atom. The normalized spacial score (nSPS) is 11.8. The summed E-state index contributed by atoms with van der Waals surface area (Å²) in [4.78, 5) is 38.5. The van der Waals surface area contributed by atoms with E-state index in [1.807, 2.05) is 11.6 Å². The number of hydrogen-bond acceptors (Lipinski definition) is 7. The molecule has 2 amide bonds. The van der Waals surface area contributed by atoms with E-state index < -0.39 is 57.3 Å². The summed E-state index contributed by atoms with van der Waals surface area (Å²) in [5.74, 6) is -2.35. The van der Waals surface area contributed by atoms with Gasteiger partial charge in [-0.3, -0.25) is 14.2 Å². The van der Waals surface area contributed by atoms with Crippen molar-refractivity contribution < 1.29 is 40.3 Å². The quantitative estimate of drug-likeness (QED) is 0.116. The molecule has 0 bridgehead atoms. The zero-order valence-electron chi connectivity index (χ0n) is 28.9. The number of aryl methyl sites for hydroxylation is 1. The molecule has 5 aromatic rings. The van der Waals surface area contributed by atoms with Crippen LogP contribution < -0.4 is 15.7 Å². The van der Waals surface area contributed by atoms with Crippen LogP contribution in [0.2, 0.25) is 5.02 Å². The number of unbranched alkanes of at least 4 members (excludes halogenated alkanes) is 1. The Hall–Kier alpha value is -5.32. The van der Waals surface area contributed by atoms with Gasteiger partial charge in [0.25, 0.3) is 15.9 Å². The summed E-state index contributed by atoms with van der Waals surface area (Å²) < 4.78 is 93.9. The number of halogens is 5. The zero-order chi connectivity index (χ0) is 39.2. The third-order valence-electron chi connectivity index (χ3n) is 8.16. The van der Waals surface area contributed by atoms with Crippen molar-refractivity contribution in [1.29, 1.82) is 0 Å². The standard InChI is InChI=1S/C37H34ClF4N5O6S/c1-3-5-14-33-44-47(31-20-25(43-34(48)22-53-4-2)17-18-28(31)37(40,41)42)36(50)46(33)21-24-16-15-23(19-30(24)39)26-10-7-9-13-32(26)54(51,52)45-35(49)27-11-6-8-12-29(27)38/h6-13,15-20H,3-5,14,21-22H2,1-2H3,(H,43,48)(H,45,49). The first kappa shape index (κ1) is 39.9. The van der Waals surface area contributed by atoms with Crippen molar-refractivity contribution >= 4 is 39.1 Å². The van der Waals surface area contributed by atoms with Gasteiger partial charge in [-0.1, -0.05) is 67.4 Å². The highest BCUT2D eigenvalue weighted by molar-refractivity contribution is 7.90. The number of rotatable bonds is 14. The van der Waals surface area contributed by atoms with E-state index in [2.05, 4.69) is 10.4 Å². The number of ether oxygens (including phenoxy) is 1. The maximum Gasteiger partial charge on any atom is 0.418 e. The minimum Gasteiger partial charge on any atom is -0.372 e. The molecule has 0 fully saturated rings. The number of benzene rings is 4. The SMILES string of the molecule is CCCCc1nn(-c2cc(NC(=O)COCC)ccc2C(F)(F)F)c(=O)n1Cc1ccc(-c2ccccc2S(=O)(=O)NC(=O)c2ccccc2Cl)cc1F. The molecule has 17 heteroatoms. The van der Waals surface area contributed by atoms with Crippen LogP contribution in [0, 0.1) is 5.82 Å². The van der Waals surface area contributed by atoms with Crippen LogP contribution in [0.15, 0.2) is 94.6 Å². The summed E-state index contributed by atoms with van der Waals surface area (Å²) in [6, 6.07) is 18.0. The van der Waals surface area contributed by atoms with Gasteiger partial charge in [-0.15, -0.1) is 5.10 Å². The fourth-order valence-corrected chi connectivity index (χ4v) is 6.94. The molecule has 54 heavy (non-hydrogen) atoms. The summed E-state index contributed by atoms with van der Waals surface area (Å²) in [6.07, 6.45) is -3.56. The molecule has 0 aliphatic carbocycles. The van der Waals surface area contributed by atoms with E-state index in [4.69, 9.17) is 16.3 Å². The van der Waals surface area contributed by atoms with Gasteiger partial charge < -0.3 is 10.1 Å². The minimum atomic E-state index is -4.90. The molecule has 2 N–H and O–H groups in total. The molecule has 0 atom stereocenters. The van der Waals surface area contributed by atoms with E-state index in [9.17, 15) is 36.0 Å². The summed E-state index contributed by atoms with van der Waals surface area (Å²) in [5, 5.41) is 6.72. The number of hydrogen-bond donors (Lipinski definition) is 2. The minimum absolute atomic E-state index is 0.0355. The zero-order valence-corrected chi connectivity index (χ0v) is 30.5. The van der Waals surface area contributed by atoms with Crippen LogP contribution in [-0.4, -0.2) is 47.8 Å². The van der Waals surface area contributed by atoms with Crippen LogP contribution in [0.5, 0.6) is 0 Å². The molecule has 0 unspecified atom stereocenters. The molecule has 0 radical (unpaired) electrons. The molecule has 1 aromatic heterocycles. The number of nitrogens with one attached hydrogen (secondary N) is 2. The molecule has 0 spiro atoms. The van der Waals surface area contributed by atoms with Gasteiger partial charge in [-0.2, -0.15) is 17.9 Å². The monoisotopic (exact) mass is 787 g/mol. The van der Waals surface area contributed by atoms with Crippen LogP contribution in [0.25, 0.3) is 16.8 Å². The number of amides is 2. The molecule has 1 heterocycles. The summed E-state index contributed by atoms with van der Waals surface area (Å²) in [5.41, 5.74) is -2.79. The fourth-order valence-electron chi connectivity index (χ4n) is 5.52. The predicted molar refractivity (Wildman–Crippen MR) is 194 cm³/mol. The lowest BCUT2D eigenvalue weighted by Gasteiger charge is -2.14. The highest BCUT2D eigenvalue weighted by Gasteiger charge is 2.35.